The minimum Gasteiger partial charge on any atom is -0.491 e. The molecule has 6 nitrogen and oxygen atoms in total. The fourth-order valence-electron chi connectivity index (χ4n) is 2.30. The van der Waals surface area contributed by atoms with Gasteiger partial charge < -0.3 is 10.1 Å². The molecule has 7 heteroatoms. The highest BCUT2D eigenvalue weighted by molar-refractivity contribution is 7.89. The monoisotopic (exact) mass is 390 g/mol. The molecule has 2 aromatic carbocycles. The lowest BCUT2D eigenvalue weighted by Crippen LogP contribution is -2.30. The highest BCUT2D eigenvalue weighted by Crippen LogP contribution is 2.18. The number of carbonyl (C=O) groups is 1. The number of hydrogen-bond donors (Lipinski definition) is 2. The van der Waals surface area contributed by atoms with Gasteiger partial charge in [-0.25, -0.2) is 13.1 Å². The predicted octanol–water partition coefficient (Wildman–Crippen LogP) is 3.80. The van der Waals surface area contributed by atoms with Crippen molar-refractivity contribution < 1.29 is 17.9 Å². The number of sulfonamides is 1. The zero-order valence-corrected chi connectivity index (χ0v) is 16.8. The Kier molecular flexibility index (Phi) is 6.98. The summed E-state index contributed by atoms with van der Waals surface area (Å²) >= 11 is 0. The molecule has 0 fully saturated rings. The van der Waals surface area contributed by atoms with Gasteiger partial charge in [0, 0.05) is 17.3 Å². The van der Waals surface area contributed by atoms with Crippen LogP contribution in [0, 0.1) is 0 Å². The highest BCUT2D eigenvalue weighted by Gasteiger charge is 2.15. The molecule has 0 saturated heterocycles. The Hall–Kier alpha value is -2.38. The van der Waals surface area contributed by atoms with Crippen LogP contribution in [0.25, 0.3) is 0 Å². The number of anilines is 1. The molecule has 0 bridgehead atoms. The van der Waals surface area contributed by atoms with Crippen molar-refractivity contribution in [2.24, 2.45) is 0 Å². The van der Waals surface area contributed by atoms with Crippen LogP contribution in [0.15, 0.2) is 53.4 Å². The third-order valence-electron chi connectivity index (χ3n) is 3.84. The molecule has 0 heterocycles. The summed E-state index contributed by atoms with van der Waals surface area (Å²) in [5, 5.41) is 2.75. The van der Waals surface area contributed by atoms with Crippen LogP contribution in [0.4, 0.5) is 5.69 Å². The molecule has 146 valence electrons. The van der Waals surface area contributed by atoms with E-state index in [1.165, 1.54) is 12.1 Å². The lowest BCUT2D eigenvalue weighted by Gasteiger charge is -2.13. The minimum absolute atomic E-state index is 0.115. The van der Waals surface area contributed by atoms with Gasteiger partial charge in [-0.15, -0.1) is 0 Å². The third-order valence-corrected chi connectivity index (χ3v) is 5.52. The van der Waals surface area contributed by atoms with E-state index in [-0.39, 0.29) is 22.9 Å². The van der Waals surface area contributed by atoms with Crippen molar-refractivity contribution in [3.63, 3.8) is 0 Å². The van der Waals surface area contributed by atoms with Crippen LogP contribution in [0.1, 0.15) is 44.5 Å². The number of rotatable bonds is 8. The van der Waals surface area contributed by atoms with Crippen LogP contribution in [0.3, 0.4) is 0 Å². The van der Waals surface area contributed by atoms with E-state index < -0.39 is 10.0 Å². The van der Waals surface area contributed by atoms with Crippen LogP contribution >= 0.6 is 0 Å². The lowest BCUT2D eigenvalue weighted by atomic mass is 10.2. The summed E-state index contributed by atoms with van der Waals surface area (Å²) in [4.78, 5) is 12.5. The Bertz CT molecular complexity index is 860. The van der Waals surface area contributed by atoms with E-state index in [1.807, 2.05) is 13.8 Å². The average Bonchev–Trinajstić information content (AvgIpc) is 2.61. The fourth-order valence-corrected chi connectivity index (χ4v) is 3.55. The molecule has 1 unspecified atom stereocenters. The summed E-state index contributed by atoms with van der Waals surface area (Å²) in [5.74, 6) is 0.439. The van der Waals surface area contributed by atoms with E-state index in [2.05, 4.69) is 10.0 Å². The van der Waals surface area contributed by atoms with Gasteiger partial charge in [-0.05, 0) is 75.7 Å². The van der Waals surface area contributed by atoms with Gasteiger partial charge in [0.25, 0.3) is 5.91 Å². The summed E-state index contributed by atoms with van der Waals surface area (Å²) in [6, 6.07) is 12.8. The molecule has 27 heavy (non-hydrogen) atoms. The van der Waals surface area contributed by atoms with Crippen molar-refractivity contribution >= 4 is 21.6 Å². The smallest absolute Gasteiger partial charge is 0.255 e. The largest absolute Gasteiger partial charge is 0.491 e. The number of ether oxygens (including phenoxy) is 1. The second-order valence-corrected chi connectivity index (χ2v) is 8.33. The first-order chi connectivity index (χ1) is 12.7. The normalized spacial score (nSPS) is 12.6. The fraction of sp³-hybridized carbons (Fsp3) is 0.350. The van der Waals surface area contributed by atoms with Gasteiger partial charge in [0.1, 0.15) is 5.75 Å². The van der Waals surface area contributed by atoms with E-state index in [1.54, 1.807) is 50.2 Å². The molecule has 2 rings (SSSR count). The molecule has 0 aliphatic rings. The summed E-state index contributed by atoms with van der Waals surface area (Å²) in [5.41, 5.74) is 1.01. The minimum atomic E-state index is -3.55. The Labute approximate surface area is 161 Å². The number of hydrogen-bond acceptors (Lipinski definition) is 4. The standard InChI is InChI=1S/C20H26N2O4S/c1-5-15(4)26-18-10-6-16(7-11-18)20(23)21-17-8-12-19(13-9-17)27(24,25)22-14(2)3/h6-15,22H,5H2,1-4H3,(H,21,23). The van der Waals surface area contributed by atoms with Crippen LogP contribution in [0.2, 0.25) is 0 Å². The molecule has 2 N–H and O–H groups in total. The lowest BCUT2D eigenvalue weighted by molar-refractivity contribution is 0.102. The van der Waals surface area contributed by atoms with E-state index in [0.29, 0.717) is 17.0 Å². The van der Waals surface area contributed by atoms with E-state index in [4.69, 9.17) is 4.74 Å². The van der Waals surface area contributed by atoms with Gasteiger partial charge in [-0.1, -0.05) is 6.92 Å². The Morgan fingerprint density at radius 2 is 1.59 bits per heavy atom. The highest BCUT2D eigenvalue weighted by atomic mass is 32.2. The van der Waals surface area contributed by atoms with Crippen molar-refractivity contribution in [3.8, 4) is 5.75 Å². The van der Waals surface area contributed by atoms with Crippen molar-refractivity contribution in [2.75, 3.05) is 5.32 Å². The van der Waals surface area contributed by atoms with Gasteiger partial charge in [-0.2, -0.15) is 0 Å². The van der Waals surface area contributed by atoms with E-state index in [0.717, 1.165) is 6.42 Å². The molecule has 1 amide bonds. The predicted molar refractivity (Wildman–Crippen MR) is 107 cm³/mol. The second-order valence-electron chi connectivity index (χ2n) is 6.62. The first-order valence-corrected chi connectivity index (χ1v) is 10.4. The zero-order valence-electron chi connectivity index (χ0n) is 16.0. The number of benzene rings is 2. The van der Waals surface area contributed by atoms with Crippen LogP contribution in [-0.2, 0) is 10.0 Å². The number of carbonyl (C=O) groups excluding carboxylic acids is 1. The molecule has 2 aromatic rings. The average molecular weight is 391 g/mol. The summed E-state index contributed by atoms with van der Waals surface area (Å²) in [6.07, 6.45) is 1.02. The molecule has 1 atom stereocenters. The first kappa shape index (κ1) is 20.9. The maximum absolute atomic E-state index is 12.3. The van der Waals surface area contributed by atoms with Crippen molar-refractivity contribution in [2.45, 2.75) is 51.2 Å². The first-order valence-electron chi connectivity index (χ1n) is 8.91. The molecular formula is C20H26N2O4S. The maximum Gasteiger partial charge on any atom is 0.255 e. The molecule has 0 aliphatic carbocycles. The molecule has 0 radical (unpaired) electrons. The molecule has 0 aromatic heterocycles. The second kappa shape index (κ2) is 9.01. The maximum atomic E-state index is 12.3. The molecule has 0 saturated carbocycles. The van der Waals surface area contributed by atoms with Crippen molar-refractivity contribution in [1.82, 2.24) is 4.72 Å². The van der Waals surface area contributed by atoms with Gasteiger partial charge >= 0.3 is 0 Å². The summed E-state index contributed by atoms with van der Waals surface area (Å²) in [7, 11) is -3.55. The summed E-state index contributed by atoms with van der Waals surface area (Å²) in [6.45, 7) is 7.54. The van der Waals surface area contributed by atoms with Crippen molar-refractivity contribution in [1.29, 1.82) is 0 Å². The summed E-state index contributed by atoms with van der Waals surface area (Å²) < 4.78 is 32.4. The topological polar surface area (TPSA) is 84.5 Å². The van der Waals surface area contributed by atoms with E-state index >= 15 is 0 Å². The van der Waals surface area contributed by atoms with Gasteiger partial charge in [0.15, 0.2) is 0 Å². The van der Waals surface area contributed by atoms with Crippen LogP contribution < -0.4 is 14.8 Å². The van der Waals surface area contributed by atoms with Crippen LogP contribution in [-0.4, -0.2) is 26.5 Å². The number of amides is 1. The third kappa shape index (κ3) is 6.08. The Morgan fingerprint density at radius 1 is 1.00 bits per heavy atom. The van der Waals surface area contributed by atoms with E-state index in [9.17, 15) is 13.2 Å². The quantitative estimate of drug-likeness (QED) is 0.718. The molecule has 0 spiro atoms. The zero-order chi connectivity index (χ0) is 20.0. The molecular weight excluding hydrogens is 364 g/mol. The number of nitrogens with one attached hydrogen (secondary N) is 2. The molecule has 0 aliphatic heterocycles. The van der Waals surface area contributed by atoms with Crippen molar-refractivity contribution in [3.05, 3.63) is 54.1 Å². The van der Waals surface area contributed by atoms with Gasteiger partial charge in [0.05, 0.1) is 11.0 Å². The van der Waals surface area contributed by atoms with Gasteiger partial charge in [0.2, 0.25) is 10.0 Å². The van der Waals surface area contributed by atoms with Gasteiger partial charge in [-0.3, -0.25) is 4.79 Å². The van der Waals surface area contributed by atoms with Crippen LogP contribution in [0.5, 0.6) is 5.75 Å². The SMILES string of the molecule is CCC(C)Oc1ccc(C(=O)Nc2ccc(S(=O)(=O)NC(C)C)cc2)cc1. The Morgan fingerprint density at radius 3 is 2.11 bits per heavy atom. The Balaban J connectivity index is 2.03.